The molecule has 1 fully saturated rings. The first kappa shape index (κ1) is 33.3. The zero-order valence-corrected chi connectivity index (χ0v) is 22.5. The minimum atomic E-state index is -0.722. The summed E-state index contributed by atoms with van der Waals surface area (Å²) >= 11 is 10.1. The van der Waals surface area contributed by atoms with Crippen LogP contribution < -0.4 is 5.32 Å². The van der Waals surface area contributed by atoms with Crippen LogP contribution >= 0.6 is 24.4 Å². The number of hydrogen-bond acceptors (Lipinski definition) is 4. The highest BCUT2D eigenvalue weighted by Crippen LogP contribution is 2.18. The molecule has 0 spiro atoms. The average molecular weight is 503 g/mol. The third-order valence-corrected chi connectivity index (χ3v) is 5.17. The van der Waals surface area contributed by atoms with Crippen molar-refractivity contribution in [3.8, 4) is 0 Å². The van der Waals surface area contributed by atoms with Crippen molar-refractivity contribution in [2.24, 2.45) is 5.92 Å². The zero-order chi connectivity index (χ0) is 25.8. The molecule has 1 atom stereocenters. The maximum Gasteiger partial charge on any atom is 0.292 e. The molecule has 0 amide bonds. The summed E-state index contributed by atoms with van der Waals surface area (Å²) < 4.78 is 31.1. The highest BCUT2D eigenvalue weighted by molar-refractivity contribution is 7.80. The Morgan fingerprint density at radius 2 is 1.91 bits per heavy atom. The Kier molecular flexibility index (Phi) is 20.9. The highest BCUT2D eigenvalue weighted by atomic mass is 32.1. The minimum Gasteiger partial charge on any atom is -0.471 e. The number of likely N-dealkylation sites (tertiary alicyclic amines) is 1. The van der Waals surface area contributed by atoms with Crippen LogP contribution in [0, 0.1) is 5.92 Å². The van der Waals surface area contributed by atoms with Crippen LogP contribution in [0.2, 0.25) is 0 Å². The monoisotopic (exact) mass is 502 g/mol. The van der Waals surface area contributed by atoms with Gasteiger partial charge in [0.2, 0.25) is 0 Å². The van der Waals surface area contributed by atoms with E-state index in [4.69, 9.17) is 29.2 Å². The van der Waals surface area contributed by atoms with Gasteiger partial charge in [0.1, 0.15) is 5.83 Å². The van der Waals surface area contributed by atoms with Crippen LogP contribution in [0.25, 0.3) is 0 Å². The van der Waals surface area contributed by atoms with Gasteiger partial charge in [-0.1, -0.05) is 63.9 Å². The van der Waals surface area contributed by atoms with E-state index in [9.17, 15) is 8.78 Å². The molecule has 0 aliphatic carbocycles. The number of hydrogen-bond donors (Lipinski definition) is 1. The van der Waals surface area contributed by atoms with Crippen molar-refractivity contribution in [1.82, 2.24) is 10.2 Å². The number of carbonyl (C=O) groups excluding carboxylic acids is 1. The quantitative estimate of drug-likeness (QED) is 0.123. The summed E-state index contributed by atoms with van der Waals surface area (Å²) in [6.07, 6.45) is 7.39. The first-order chi connectivity index (χ1) is 15.5. The molecule has 1 aliphatic rings. The molecule has 1 aliphatic heterocycles. The second-order valence-corrected chi connectivity index (χ2v) is 8.95. The second kappa shape index (κ2) is 20.7. The van der Waals surface area contributed by atoms with Crippen LogP contribution in [0.3, 0.4) is 0 Å². The largest absolute Gasteiger partial charge is 0.471 e. The van der Waals surface area contributed by atoms with Gasteiger partial charge in [-0.2, -0.15) is 4.39 Å². The molecule has 1 heterocycles. The van der Waals surface area contributed by atoms with E-state index < -0.39 is 11.7 Å². The molecular formula is C25H40F2N2O2S2. The molecule has 0 aromatic carbocycles. The molecule has 0 saturated carbocycles. The number of halogens is 2. The van der Waals surface area contributed by atoms with Gasteiger partial charge < -0.3 is 15.0 Å². The maximum absolute atomic E-state index is 13.8. The van der Waals surface area contributed by atoms with Crippen LogP contribution in [0.5, 0.6) is 0 Å². The van der Waals surface area contributed by atoms with Crippen LogP contribution in [0.15, 0.2) is 41.7 Å². The number of carbonyl (C=O) groups is 1. The number of nitrogens with one attached hydrogen (secondary N) is 1. The Hall–Kier alpha value is -1.89. The Morgan fingerprint density at radius 3 is 2.33 bits per heavy atom. The number of allylic oxidation sites excluding steroid dienone is 2. The molecule has 0 radical (unpaired) electrons. The highest BCUT2D eigenvalue weighted by Gasteiger charge is 2.16. The van der Waals surface area contributed by atoms with Crippen LogP contribution in [-0.2, 0) is 9.53 Å². The molecule has 1 unspecified atom stereocenters. The van der Waals surface area contributed by atoms with Gasteiger partial charge in [-0.15, -0.1) is 0 Å². The summed E-state index contributed by atoms with van der Waals surface area (Å²) in [4.78, 5) is 12.6. The number of methoxy groups -OCH3 is 1. The van der Waals surface area contributed by atoms with E-state index in [1.165, 1.54) is 7.11 Å². The summed E-state index contributed by atoms with van der Waals surface area (Å²) in [6.45, 7) is 15.5. The topological polar surface area (TPSA) is 41.6 Å². The Labute approximate surface area is 209 Å². The lowest BCUT2D eigenvalue weighted by Crippen LogP contribution is -2.35. The Balaban J connectivity index is 0. The molecule has 188 valence electrons. The maximum atomic E-state index is 13.8. The van der Waals surface area contributed by atoms with Gasteiger partial charge in [-0.3, -0.25) is 4.79 Å². The second-order valence-electron chi connectivity index (χ2n) is 7.87. The molecule has 0 aromatic rings. The average Bonchev–Trinajstić information content (AvgIpc) is 2.75. The van der Waals surface area contributed by atoms with E-state index in [0.717, 1.165) is 42.2 Å². The smallest absolute Gasteiger partial charge is 0.292 e. The van der Waals surface area contributed by atoms with Gasteiger partial charge in [0, 0.05) is 31.1 Å². The van der Waals surface area contributed by atoms with E-state index in [0.29, 0.717) is 25.0 Å². The molecule has 1 N–H and O–H groups in total. The van der Waals surface area contributed by atoms with Gasteiger partial charge in [0.25, 0.3) is 6.47 Å². The lowest BCUT2D eigenvalue weighted by molar-refractivity contribution is -0.126. The van der Waals surface area contributed by atoms with Crippen LogP contribution in [-0.4, -0.2) is 47.6 Å². The third-order valence-electron chi connectivity index (χ3n) is 4.59. The van der Waals surface area contributed by atoms with Crippen LogP contribution in [0.1, 0.15) is 66.7 Å². The van der Waals surface area contributed by atoms with Gasteiger partial charge in [0.05, 0.1) is 17.1 Å². The van der Waals surface area contributed by atoms with E-state index >= 15 is 0 Å². The molecule has 0 bridgehead atoms. The van der Waals surface area contributed by atoms with Crippen LogP contribution in [0.4, 0.5) is 8.78 Å². The van der Waals surface area contributed by atoms with Crippen molar-refractivity contribution in [3.05, 3.63) is 41.7 Å². The Bertz CT molecular complexity index is 715. The molecule has 8 heteroatoms. The van der Waals surface area contributed by atoms with Crippen molar-refractivity contribution >= 4 is 40.9 Å². The summed E-state index contributed by atoms with van der Waals surface area (Å²) in [6, 6.07) is 0.502. The molecule has 33 heavy (non-hydrogen) atoms. The van der Waals surface area contributed by atoms with Gasteiger partial charge >= 0.3 is 0 Å². The predicted octanol–water partition coefficient (Wildman–Crippen LogP) is 6.77. The first-order valence-corrected chi connectivity index (χ1v) is 12.0. The molecule has 4 nitrogen and oxygen atoms in total. The minimum absolute atomic E-state index is 0.0661. The SMILES string of the molecule is C=C(CN1CCCCC1=S)C(F)=C=C(F)CC=CCC.CC(=S)NC(C)C(C)C.COC=O. The number of rotatable bonds is 9. The lowest BCUT2D eigenvalue weighted by atomic mass is 10.1. The van der Waals surface area contributed by atoms with Crippen molar-refractivity contribution in [3.63, 3.8) is 0 Å². The van der Waals surface area contributed by atoms with Crippen molar-refractivity contribution < 1.29 is 18.3 Å². The fourth-order valence-corrected chi connectivity index (χ4v) is 2.91. The fraction of sp³-hybridized carbons (Fsp3) is 0.600. The van der Waals surface area contributed by atoms with E-state index in [1.54, 1.807) is 6.08 Å². The molecular weight excluding hydrogens is 462 g/mol. The molecule has 0 aromatic heterocycles. The van der Waals surface area contributed by atoms with Gasteiger partial charge in [0.15, 0.2) is 5.83 Å². The fourth-order valence-electron chi connectivity index (χ4n) is 2.43. The normalized spacial score (nSPS) is 13.6. The number of ether oxygens (including phenoxy) is 1. The standard InChI is InChI=1S/C16H21F2NS.C7H15NS.C2H4O2/c1-3-4-5-8-14(17)11-15(18)13(2)12-19-10-7-6-9-16(19)20;1-5(2)6(3)8-7(4)9;1-4-2-3/h4-5H,2-3,6-10,12H2,1H3;5-6H,1-4H3,(H,8,9);2H,1H3. The predicted molar refractivity (Wildman–Crippen MR) is 143 cm³/mol. The Morgan fingerprint density at radius 1 is 1.30 bits per heavy atom. The summed E-state index contributed by atoms with van der Waals surface area (Å²) in [5, 5.41) is 3.17. The summed E-state index contributed by atoms with van der Waals surface area (Å²) in [5.41, 5.74) is 2.35. The summed E-state index contributed by atoms with van der Waals surface area (Å²) in [7, 11) is 1.31. The zero-order valence-electron chi connectivity index (χ0n) is 20.9. The summed E-state index contributed by atoms with van der Waals surface area (Å²) in [5.74, 6) is -0.682. The number of piperidine rings is 1. The van der Waals surface area contributed by atoms with Gasteiger partial charge in [-0.25, -0.2) is 4.39 Å². The van der Waals surface area contributed by atoms with E-state index in [1.807, 2.05) is 24.8 Å². The number of nitrogens with zero attached hydrogens (tertiary/aromatic N) is 1. The molecule has 1 saturated heterocycles. The van der Waals surface area contributed by atoms with Crippen molar-refractivity contribution in [2.45, 2.75) is 72.8 Å². The van der Waals surface area contributed by atoms with E-state index in [2.05, 4.69) is 43.1 Å². The number of thiocarbonyl (C=S) groups is 2. The van der Waals surface area contributed by atoms with Crippen molar-refractivity contribution in [1.29, 1.82) is 0 Å². The van der Waals surface area contributed by atoms with E-state index in [-0.39, 0.29) is 12.0 Å². The molecule has 1 rings (SSSR count). The van der Waals surface area contributed by atoms with Crippen molar-refractivity contribution in [2.75, 3.05) is 20.2 Å². The lowest BCUT2D eigenvalue weighted by Gasteiger charge is -2.29. The first-order valence-electron chi connectivity index (χ1n) is 11.1. The van der Waals surface area contributed by atoms with Gasteiger partial charge in [-0.05, 0) is 51.2 Å². The third kappa shape index (κ3) is 19.3.